The molecular weight excluding hydrogens is 148 g/mol. The molecule has 2 nitrogen and oxygen atoms in total. The molecule has 0 radical (unpaired) electrons. The van der Waals surface area contributed by atoms with Gasteiger partial charge >= 0.3 is 0 Å². The summed E-state index contributed by atoms with van der Waals surface area (Å²) < 4.78 is 0. The maximum atomic E-state index is 5.82. The smallest absolute Gasteiger partial charge is 0.00824 e. The highest BCUT2D eigenvalue weighted by atomic mass is 14.9. The van der Waals surface area contributed by atoms with Crippen LogP contribution in [0.4, 0.5) is 0 Å². The molecule has 0 aromatic heterocycles. The average Bonchev–Trinajstić information content (AvgIpc) is 2.47. The van der Waals surface area contributed by atoms with Crippen molar-refractivity contribution in [3.05, 3.63) is 0 Å². The predicted molar refractivity (Wildman–Crippen MR) is 53.1 cm³/mol. The monoisotopic (exact) mass is 170 g/mol. The summed E-state index contributed by atoms with van der Waals surface area (Å²) in [5.41, 5.74) is 5.82. The lowest BCUT2D eigenvalue weighted by atomic mass is 10.1. The van der Waals surface area contributed by atoms with Crippen LogP contribution in [-0.4, -0.2) is 18.6 Å². The van der Waals surface area contributed by atoms with Gasteiger partial charge in [-0.3, -0.25) is 0 Å². The fraction of sp³-hybridized carbons (Fsp3) is 1.00. The summed E-state index contributed by atoms with van der Waals surface area (Å²) in [6.45, 7) is 5.70. The van der Waals surface area contributed by atoms with E-state index in [1.54, 1.807) is 0 Å². The molecule has 1 aliphatic carbocycles. The van der Waals surface area contributed by atoms with E-state index in [9.17, 15) is 0 Å². The molecule has 1 aliphatic rings. The molecule has 0 saturated heterocycles. The Balaban J connectivity index is 2.07. The first kappa shape index (κ1) is 10.0. The topological polar surface area (TPSA) is 38.0 Å². The zero-order valence-electron chi connectivity index (χ0n) is 8.34. The van der Waals surface area contributed by atoms with E-state index in [1.165, 1.54) is 25.7 Å². The molecule has 0 aromatic rings. The number of nitrogens with two attached hydrogens (primary N) is 1. The van der Waals surface area contributed by atoms with Crippen LogP contribution in [0, 0.1) is 5.92 Å². The van der Waals surface area contributed by atoms with Crippen molar-refractivity contribution in [3.8, 4) is 0 Å². The molecule has 12 heavy (non-hydrogen) atoms. The Kier molecular flexibility index (Phi) is 4.02. The van der Waals surface area contributed by atoms with Crippen LogP contribution in [0.2, 0.25) is 0 Å². The highest BCUT2D eigenvalue weighted by Gasteiger charge is 2.20. The maximum absolute atomic E-state index is 5.82. The van der Waals surface area contributed by atoms with E-state index < -0.39 is 0 Å². The summed E-state index contributed by atoms with van der Waals surface area (Å²) in [5, 5.41) is 3.58. The van der Waals surface area contributed by atoms with E-state index in [2.05, 4.69) is 19.2 Å². The standard InChI is InChI=1S/C10H22N2/c1-3-8(2)7-12-10-5-4-9(11)6-10/h8-10,12H,3-7,11H2,1-2H3. The molecule has 2 heteroatoms. The number of hydrogen-bond acceptors (Lipinski definition) is 2. The van der Waals surface area contributed by atoms with E-state index in [-0.39, 0.29) is 0 Å². The molecule has 3 atom stereocenters. The van der Waals surface area contributed by atoms with E-state index >= 15 is 0 Å². The van der Waals surface area contributed by atoms with Gasteiger partial charge in [0.25, 0.3) is 0 Å². The van der Waals surface area contributed by atoms with Crippen LogP contribution in [0.1, 0.15) is 39.5 Å². The van der Waals surface area contributed by atoms with E-state index in [0.717, 1.165) is 12.5 Å². The molecular formula is C10H22N2. The Bertz CT molecular complexity index is 125. The lowest BCUT2D eigenvalue weighted by molar-refractivity contribution is 0.438. The lowest BCUT2D eigenvalue weighted by Gasteiger charge is -2.15. The van der Waals surface area contributed by atoms with Gasteiger partial charge in [0.15, 0.2) is 0 Å². The van der Waals surface area contributed by atoms with E-state index in [4.69, 9.17) is 5.73 Å². The van der Waals surface area contributed by atoms with Crippen molar-refractivity contribution in [2.24, 2.45) is 11.7 Å². The fourth-order valence-corrected chi connectivity index (χ4v) is 1.71. The molecule has 72 valence electrons. The second kappa shape index (κ2) is 4.83. The summed E-state index contributed by atoms with van der Waals surface area (Å²) in [6.07, 6.45) is 4.93. The quantitative estimate of drug-likeness (QED) is 0.671. The van der Waals surface area contributed by atoms with Gasteiger partial charge in [-0.25, -0.2) is 0 Å². The molecule has 0 heterocycles. The van der Waals surface area contributed by atoms with Crippen LogP contribution in [0.25, 0.3) is 0 Å². The Hall–Kier alpha value is -0.0800. The van der Waals surface area contributed by atoms with Gasteiger partial charge in [0.2, 0.25) is 0 Å². The third kappa shape index (κ3) is 3.11. The van der Waals surface area contributed by atoms with Crippen molar-refractivity contribution in [3.63, 3.8) is 0 Å². The highest BCUT2D eigenvalue weighted by Crippen LogP contribution is 2.17. The fourth-order valence-electron chi connectivity index (χ4n) is 1.71. The van der Waals surface area contributed by atoms with Gasteiger partial charge in [-0.1, -0.05) is 20.3 Å². The van der Waals surface area contributed by atoms with E-state index in [0.29, 0.717) is 12.1 Å². The SMILES string of the molecule is CCC(C)CNC1CCC(N)C1. The van der Waals surface area contributed by atoms with Crippen molar-refractivity contribution in [2.45, 2.75) is 51.6 Å². The molecule has 0 aliphatic heterocycles. The Morgan fingerprint density at radius 3 is 2.75 bits per heavy atom. The van der Waals surface area contributed by atoms with Crippen molar-refractivity contribution in [1.82, 2.24) is 5.32 Å². The van der Waals surface area contributed by atoms with Crippen LogP contribution in [0.3, 0.4) is 0 Å². The van der Waals surface area contributed by atoms with Crippen LogP contribution in [0.5, 0.6) is 0 Å². The van der Waals surface area contributed by atoms with Crippen LogP contribution < -0.4 is 11.1 Å². The van der Waals surface area contributed by atoms with Crippen molar-refractivity contribution < 1.29 is 0 Å². The number of nitrogens with one attached hydrogen (secondary N) is 1. The molecule has 3 N–H and O–H groups in total. The second-order valence-corrected chi connectivity index (χ2v) is 4.19. The zero-order valence-corrected chi connectivity index (χ0v) is 8.34. The summed E-state index contributed by atoms with van der Waals surface area (Å²) in [4.78, 5) is 0. The summed E-state index contributed by atoms with van der Waals surface area (Å²) >= 11 is 0. The molecule has 0 amide bonds. The lowest BCUT2D eigenvalue weighted by Crippen LogP contribution is -2.31. The minimum atomic E-state index is 0.458. The van der Waals surface area contributed by atoms with Gasteiger partial charge < -0.3 is 11.1 Å². The highest BCUT2D eigenvalue weighted by molar-refractivity contribution is 4.82. The molecule has 0 aromatic carbocycles. The minimum absolute atomic E-state index is 0.458. The van der Waals surface area contributed by atoms with Crippen molar-refractivity contribution in [1.29, 1.82) is 0 Å². The Labute approximate surface area is 75.9 Å². The first-order chi connectivity index (χ1) is 5.72. The van der Waals surface area contributed by atoms with Crippen molar-refractivity contribution in [2.75, 3.05) is 6.54 Å². The van der Waals surface area contributed by atoms with Gasteiger partial charge in [0, 0.05) is 12.1 Å². The third-order valence-corrected chi connectivity index (χ3v) is 2.93. The predicted octanol–water partition coefficient (Wildman–Crippen LogP) is 1.50. The molecule has 3 unspecified atom stereocenters. The van der Waals surface area contributed by atoms with Gasteiger partial charge in [0.05, 0.1) is 0 Å². The first-order valence-electron chi connectivity index (χ1n) is 5.21. The average molecular weight is 170 g/mol. The summed E-state index contributed by atoms with van der Waals surface area (Å²) in [7, 11) is 0. The van der Waals surface area contributed by atoms with Crippen molar-refractivity contribution >= 4 is 0 Å². The second-order valence-electron chi connectivity index (χ2n) is 4.19. The zero-order chi connectivity index (χ0) is 8.97. The van der Waals surface area contributed by atoms with Crippen LogP contribution >= 0.6 is 0 Å². The van der Waals surface area contributed by atoms with Crippen LogP contribution in [-0.2, 0) is 0 Å². The molecule has 1 saturated carbocycles. The van der Waals surface area contributed by atoms with Gasteiger partial charge in [0.1, 0.15) is 0 Å². The molecule has 0 bridgehead atoms. The third-order valence-electron chi connectivity index (χ3n) is 2.93. The molecule has 1 rings (SSSR count). The maximum Gasteiger partial charge on any atom is 0.00824 e. The first-order valence-corrected chi connectivity index (χ1v) is 5.21. The molecule has 1 fully saturated rings. The normalized spacial score (nSPS) is 32.2. The largest absolute Gasteiger partial charge is 0.328 e. The Morgan fingerprint density at radius 2 is 2.25 bits per heavy atom. The van der Waals surface area contributed by atoms with E-state index in [1.807, 2.05) is 0 Å². The number of hydrogen-bond donors (Lipinski definition) is 2. The minimum Gasteiger partial charge on any atom is -0.328 e. The van der Waals surface area contributed by atoms with Gasteiger partial charge in [-0.05, 0) is 31.7 Å². The van der Waals surface area contributed by atoms with Gasteiger partial charge in [-0.15, -0.1) is 0 Å². The summed E-state index contributed by atoms with van der Waals surface area (Å²) in [6, 6.07) is 1.16. The summed E-state index contributed by atoms with van der Waals surface area (Å²) in [5.74, 6) is 0.807. The Morgan fingerprint density at radius 1 is 1.50 bits per heavy atom. The van der Waals surface area contributed by atoms with Gasteiger partial charge in [-0.2, -0.15) is 0 Å². The molecule has 0 spiro atoms. The van der Waals surface area contributed by atoms with Crippen LogP contribution in [0.15, 0.2) is 0 Å². The number of rotatable bonds is 4.